The molecule has 2 aromatic carbocycles. The van der Waals surface area contributed by atoms with Crippen molar-refractivity contribution in [2.24, 2.45) is 11.8 Å². The number of hydrogen-bond acceptors (Lipinski definition) is 12. The van der Waals surface area contributed by atoms with Crippen LogP contribution in [0.1, 0.15) is 39.0 Å². The van der Waals surface area contributed by atoms with E-state index in [4.69, 9.17) is 30.4 Å². The summed E-state index contributed by atoms with van der Waals surface area (Å²) in [7, 11) is 3.26. The molecule has 12 heteroatoms. The first-order valence-corrected chi connectivity index (χ1v) is 15.8. The highest BCUT2D eigenvalue weighted by atomic mass is 16.5. The Labute approximate surface area is 264 Å². The molecule has 45 heavy (non-hydrogen) atoms. The van der Waals surface area contributed by atoms with Crippen LogP contribution in [0.5, 0.6) is 23.0 Å². The van der Waals surface area contributed by atoms with Gasteiger partial charge in [-0.1, -0.05) is 6.92 Å². The van der Waals surface area contributed by atoms with E-state index in [2.05, 4.69) is 37.1 Å². The second-order valence-corrected chi connectivity index (χ2v) is 11.8. The zero-order valence-corrected chi connectivity index (χ0v) is 26.6. The van der Waals surface area contributed by atoms with Gasteiger partial charge in [0.15, 0.2) is 23.0 Å². The number of anilines is 2. The number of methoxy groups -OCH3 is 2. The normalized spacial score (nSPS) is 16.2. The van der Waals surface area contributed by atoms with Gasteiger partial charge in [0.1, 0.15) is 24.3 Å². The first-order valence-electron chi connectivity index (χ1n) is 15.8. The first kappa shape index (κ1) is 32.2. The second-order valence-electron chi connectivity index (χ2n) is 11.8. The number of nitrogens with two attached hydrogens (primary N) is 2. The topological polar surface area (TPSA) is 156 Å². The third kappa shape index (κ3) is 8.52. The predicted octanol–water partition coefficient (Wildman–Crippen LogP) is 4.32. The van der Waals surface area contributed by atoms with Crippen LogP contribution in [0.2, 0.25) is 0 Å². The first-order chi connectivity index (χ1) is 21.9. The van der Waals surface area contributed by atoms with Crippen molar-refractivity contribution >= 4 is 33.4 Å². The van der Waals surface area contributed by atoms with Crippen molar-refractivity contribution in [1.29, 1.82) is 0 Å². The van der Waals surface area contributed by atoms with Gasteiger partial charge in [-0.05, 0) is 82.3 Å². The van der Waals surface area contributed by atoms with Crippen LogP contribution in [-0.2, 0) is 0 Å². The molecule has 4 aromatic rings. The summed E-state index contributed by atoms with van der Waals surface area (Å²) in [6.07, 6.45) is 8.81. The standard InChI is InChI=1S/C18H26N4O2.C15H20N4O2/c1-13-4-7-22(8-5-13)6-3-9-24-17-10-14-15(11-16(17)23-2)20-12-21-18(14)19;1-20-13-6-11-12(18-9-19-15(11)16)7-14(13)21-8-10-2-4-17-5-3-10/h10-13H,3-9H2,1-2H3,(H2,19,20,21);6-7,9-10,17H,2-5,8H2,1H3,(H2,16,18,19). The highest BCUT2D eigenvalue weighted by Crippen LogP contribution is 2.34. The van der Waals surface area contributed by atoms with Gasteiger partial charge >= 0.3 is 0 Å². The van der Waals surface area contributed by atoms with Crippen molar-refractivity contribution in [1.82, 2.24) is 30.2 Å². The van der Waals surface area contributed by atoms with E-state index >= 15 is 0 Å². The maximum absolute atomic E-state index is 5.96. The molecule has 0 spiro atoms. The van der Waals surface area contributed by atoms with Crippen LogP contribution in [0, 0.1) is 11.8 Å². The van der Waals surface area contributed by atoms with Crippen LogP contribution in [0.4, 0.5) is 11.6 Å². The zero-order valence-electron chi connectivity index (χ0n) is 26.6. The molecule has 0 radical (unpaired) electrons. The summed E-state index contributed by atoms with van der Waals surface area (Å²) in [5.41, 5.74) is 13.3. The Balaban J connectivity index is 0.000000179. The molecule has 2 fully saturated rings. The quantitative estimate of drug-likeness (QED) is 0.217. The van der Waals surface area contributed by atoms with Crippen molar-refractivity contribution in [3.63, 3.8) is 0 Å². The minimum absolute atomic E-state index is 0.447. The Bertz CT molecular complexity index is 1540. The lowest BCUT2D eigenvalue weighted by atomic mass is 9.99. The summed E-state index contributed by atoms with van der Waals surface area (Å²) in [6, 6.07) is 7.41. The van der Waals surface area contributed by atoms with E-state index in [1.807, 2.05) is 24.3 Å². The number of ether oxygens (including phenoxy) is 4. The SMILES string of the molecule is COc1cc2c(N)ncnc2cc1OCC1CCNCC1.COc1cc2ncnc(N)c2cc1OCCCN1CCC(C)CC1. The molecular weight excluding hydrogens is 572 g/mol. The highest BCUT2D eigenvalue weighted by Gasteiger charge is 2.17. The fraction of sp³-hybridized carbons (Fsp3) is 0.515. The molecule has 0 unspecified atom stereocenters. The van der Waals surface area contributed by atoms with E-state index < -0.39 is 0 Å². The van der Waals surface area contributed by atoms with Crippen molar-refractivity contribution < 1.29 is 18.9 Å². The molecule has 0 amide bonds. The van der Waals surface area contributed by atoms with Crippen LogP contribution in [0.15, 0.2) is 36.9 Å². The van der Waals surface area contributed by atoms with E-state index in [-0.39, 0.29) is 0 Å². The fourth-order valence-corrected chi connectivity index (χ4v) is 5.72. The number of fused-ring (bicyclic) bond motifs is 2. The molecule has 0 saturated carbocycles. The van der Waals surface area contributed by atoms with Gasteiger partial charge < -0.3 is 40.6 Å². The summed E-state index contributed by atoms with van der Waals surface area (Å²) < 4.78 is 22.7. The molecule has 6 rings (SSSR count). The van der Waals surface area contributed by atoms with Gasteiger partial charge in [0.25, 0.3) is 0 Å². The summed E-state index contributed by atoms with van der Waals surface area (Å²) in [6.45, 7) is 9.29. The number of likely N-dealkylation sites (tertiary alicyclic amines) is 1. The van der Waals surface area contributed by atoms with Crippen LogP contribution in [-0.4, -0.2) is 85.0 Å². The van der Waals surface area contributed by atoms with Gasteiger partial charge in [-0.25, -0.2) is 19.9 Å². The number of rotatable bonds is 10. The third-order valence-corrected chi connectivity index (χ3v) is 8.59. The molecule has 0 aliphatic carbocycles. The van der Waals surface area contributed by atoms with E-state index in [0.29, 0.717) is 53.8 Å². The molecule has 2 aliphatic rings. The Morgan fingerprint density at radius 2 is 1.31 bits per heavy atom. The van der Waals surface area contributed by atoms with Crippen LogP contribution < -0.4 is 35.7 Å². The minimum Gasteiger partial charge on any atom is -0.493 e. The van der Waals surface area contributed by atoms with Crippen molar-refractivity contribution in [2.75, 3.05) is 71.6 Å². The number of aromatic nitrogens is 4. The number of benzene rings is 2. The van der Waals surface area contributed by atoms with Crippen LogP contribution >= 0.6 is 0 Å². The lowest BCUT2D eigenvalue weighted by Gasteiger charge is -2.30. The highest BCUT2D eigenvalue weighted by molar-refractivity contribution is 5.91. The molecule has 4 heterocycles. The van der Waals surface area contributed by atoms with Crippen LogP contribution in [0.3, 0.4) is 0 Å². The molecule has 2 aromatic heterocycles. The molecule has 0 bridgehead atoms. The van der Waals surface area contributed by atoms with Crippen molar-refractivity contribution in [3.8, 4) is 23.0 Å². The molecular formula is C33H46N8O4. The lowest BCUT2D eigenvalue weighted by Crippen LogP contribution is -2.34. The van der Waals surface area contributed by atoms with Gasteiger partial charge in [0, 0.05) is 29.4 Å². The third-order valence-electron chi connectivity index (χ3n) is 8.59. The van der Waals surface area contributed by atoms with E-state index in [1.165, 1.54) is 38.6 Å². The van der Waals surface area contributed by atoms with E-state index in [0.717, 1.165) is 66.6 Å². The van der Waals surface area contributed by atoms with Gasteiger partial charge in [0.05, 0.1) is 38.5 Å². The largest absolute Gasteiger partial charge is 0.493 e. The van der Waals surface area contributed by atoms with Crippen molar-refractivity contribution in [3.05, 3.63) is 36.9 Å². The Morgan fingerprint density at radius 3 is 1.93 bits per heavy atom. The number of piperidine rings is 2. The Kier molecular flexibility index (Phi) is 11.3. The van der Waals surface area contributed by atoms with Gasteiger partial charge in [-0.2, -0.15) is 0 Å². The summed E-state index contributed by atoms with van der Waals surface area (Å²) in [5, 5.41) is 4.93. The molecule has 2 aliphatic heterocycles. The predicted molar refractivity (Wildman–Crippen MR) is 177 cm³/mol. The van der Waals surface area contributed by atoms with Crippen molar-refractivity contribution in [2.45, 2.75) is 39.0 Å². The molecule has 0 atom stereocenters. The summed E-state index contributed by atoms with van der Waals surface area (Å²) in [4.78, 5) is 19.0. The molecule has 2 saturated heterocycles. The number of nitrogen functional groups attached to an aromatic ring is 2. The minimum atomic E-state index is 0.447. The number of hydrogen-bond donors (Lipinski definition) is 3. The second kappa shape index (κ2) is 15.7. The van der Waals surface area contributed by atoms with Gasteiger partial charge in [-0.3, -0.25) is 0 Å². The molecule has 242 valence electrons. The van der Waals surface area contributed by atoms with Crippen LogP contribution in [0.25, 0.3) is 21.8 Å². The Morgan fingerprint density at radius 1 is 0.756 bits per heavy atom. The monoisotopic (exact) mass is 618 g/mol. The number of nitrogens with one attached hydrogen (secondary N) is 1. The summed E-state index contributed by atoms with van der Waals surface area (Å²) >= 11 is 0. The Hall–Kier alpha value is -4.16. The maximum atomic E-state index is 5.96. The molecule has 5 N–H and O–H groups in total. The van der Waals surface area contributed by atoms with Gasteiger partial charge in [0.2, 0.25) is 0 Å². The van der Waals surface area contributed by atoms with E-state index in [1.54, 1.807) is 14.2 Å². The maximum Gasteiger partial charge on any atom is 0.163 e. The van der Waals surface area contributed by atoms with E-state index in [9.17, 15) is 0 Å². The summed E-state index contributed by atoms with van der Waals surface area (Å²) in [5.74, 6) is 5.10. The zero-order chi connectivity index (χ0) is 31.6. The smallest absolute Gasteiger partial charge is 0.163 e. The molecule has 12 nitrogen and oxygen atoms in total. The average Bonchev–Trinajstić information content (AvgIpc) is 3.07. The average molecular weight is 619 g/mol. The lowest BCUT2D eigenvalue weighted by molar-refractivity contribution is 0.176. The number of nitrogens with zero attached hydrogens (tertiary/aromatic N) is 5. The fourth-order valence-electron chi connectivity index (χ4n) is 5.72. The van der Waals surface area contributed by atoms with Gasteiger partial charge in [-0.15, -0.1) is 0 Å².